The van der Waals surface area contributed by atoms with Gasteiger partial charge in [0.25, 0.3) is 5.91 Å². The second-order valence-corrected chi connectivity index (χ2v) is 7.46. The zero-order chi connectivity index (χ0) is 20.5. The van der Waals surface area contributed by atoms with E-state index in [-0.39, 0.29) is 5.91 Å². The van der Waals surface area contributed by atoms with Gasteiger partial charge in [-0.25, -0.2) is 9.97 Å². The SMILES string of the molecule is O=C(c1cccc(Cl)c1)N(Cc1cnc2ccccn12)Cc1cnc2ccccn12. The molecular formula is C23H18ClN5O. The zero-order valence-corrected chi connectivity index (χ0v) is 16.8. The Morgan fingerprint density at radius 1 is 0.833 bits per heavy atom. The van der Waals surface area contributed by atoms with E-state index in [1.807, 2.05) is 70.0 Å². The summed E-state index contributed by atoms with van der Waals surface area (Å²) >= 11 is 6.14. The van der Waals surface area contributed by atoms with Gasteiger partial charge in [-0.2, -0.15) is 0 Å². The van der Waals surface area contributed by atoms with Gasteiger partial charge in [0.05, 0.1) is 36.9 Å². The van der Waals surface area contributed by atoms with Crippen molar-refractivity contribution >= 4 is 28.8 Å². The van der Waals surface area contributed by atoms with Crippen molar-refractivity contribution in [2.24, 2.45) is 0 Å². The molecular weight excluding hydrogens is 398 g/mol. The lowest BCUT2D eigenvalue weighted by Crippen LogP contribution is -2.31. The third-order valence-corrected chi connectivity index (χ3v) is 5.29. The van der Waals surface area contributed by atoms with Crippen LogP contribution in [0.2, 0.25) is 5.02 Å². The van der Waals surface area contributed by atoms with E-state index in [0.717, 1.165) is 22.7 Å². The molecule has 4 heterocycles. The van der Waals surface area contributed by atoms with Gasteiger partial charge in [-0.1, -0.05) is 29.8 Å². The highest BCUT2D eigenvalue weighted by molar-refractivity contribution is 6.30. The molecule has 0 radical (unpaired) electrons. The number of fused-ring (bicyclic) bond motifs is 2. The Hall–Kier alpha value is -3.64. The molecule has 0 fully saturated rings. The molecule has 0 aliphatic heterocycles. The normalized spacial score (nSPS) is 11.2. The van der Waals surface area contributed by atoms with E-state index in [4.69, 9.17) is 11.6 Å². The maximum atomic E-state index is 13.4. The monoisotopic (exact) mass is 415 g/mol. The van der Waals surface area contributed by atoms with E-state index in [9.17, 15) is 4.79 Å². The highest BCUT2D eigenvalue weighted by Crippen LogP contribution is 2.18. The number of benzene rings is 1. The minimum absolute atomic E-state index is 0.103. The van der Waals surface area contributed by atoms with Crippen LogP contribution in [0.25, 0.3) is 11.3 Å². The predicted octanol–water partition coefficient (Wildman–Crippen LogP) is 4.48. The molecule has 7 heteroatoms. The first-order chi connectivity index (χ1) is 14.7. The lowest BCUT2D eigenvalue weighted by Gasteiger charge is -2.22. The Morgan fingerprint density at radius 2 is 1.43 bits per heavy atom. The molecule has 4 aromatic heterocycles. The third-order valence-electron chi connectivity index (χ3n) is 5.05. The Balaban J connectivity index is 1.53. The van der Waals surface area contributed by atoms with Gasteiger partial charge >= 0.3 is 0 Å². The molecule has 0 bridgehead atoms. The molecule has 1 amide bonds. The van der Waals surface area contributed by atoms with Gasteiger partial charge in [-0.15, -0.1) is 0 Å². The maximum Gasteiger partial charge on any atom is 0.254 e. The van der Waals surface area contributed by atoms with Crippen molar-refractivity contribution in [1.82, 2.24) is 23.7 Å². The topological polar surface area (TPSA) is 54.9 Å². The first-order valence-corrected chi connectivity index (χ1v) is 9.93. The van der Waals surface area contributed by atoms with E-state index in [0.29, 0.717) is 23.7 Å². The van der Waals surface area contributed by atoms with E-state index >= 15 is 0 Å². The van der Waals surface area contributed by atoms with Crippen molar-refractivity contribution in [3.05, 3.63) is 107 Å². The molecule has 0 atom stereocenters. The van der Waals surface area contributed by atoms with Crippen LogP contribution in [0.15, 0.2) is 85.5 Å². The molecule has 0 spiro atoms. The fourth-order valence-corrected chi connectivity index (χ4v) is 3.79. The molecule has 1 aromatic carbocycles. The van der Waals surface area contributed by atoms with Gasteiger partial charge in [-0.3, -0.25) is 4.79 Å². The van der Waals surface area contributed by atoms with E-state index < -0.39 is 0 Å². The van der Waals surface area contributed by atoms with E-state index in [1.54, 1.807) is 29.2 Å². The summed E-state index contributed by atoms with van der Waals surface area (Å²) in [5.41, 5.74) is 4.09. The third kappa shape index (κ3) is 3.42. The summed E-state index contributed by atoms with van der Waals surface area (Å²) in [6, 6.07) is 18.7. The molecule has 0 aliphatic carbocycles. The van der Waals surface area contributed by atoms with Crippen LogP contribution in [0, 0.1) is 0 Å². The summed E-state index contributed by atoms with van der Waals surface area (Å²) in [5, 5.41) is 0.533. The van der Waals surface area contributed by atoms with E-state index in [2.05, 4.69) is 9.97 Å². The van der Waals surface area contributed by atoms with Crippen molar-refractivity contribution in [2.45, 2.75) is 13.1 Å². The first-order valence-electron chi connectivity index (χ1n) is 9.56. The molecule has 148 valence electrons. The number of hydrogen-bond acceptors (Lipinski definition) is 3. The number of rotatable bonds is 5. The van der Waals surface area contributed by atoms with Gasteiger partial charge in [0.2, 0.25) is 0 Å². The van der Waals surface area contributed by atoms with E-state index in [1.165, 1.54) is 0 Å². The van der Waals surface area contributed by atoms with Crippen LogP contribution in [0.1, 0.15) is 21.7 Å². The minimum Gasteiger partial charge on any atom is -0.327 e. The van der Waals surface area contributed by atoms with Gasteiger partial charge in [0.1, 0.15) is 11.3 Å². The average molecular weight is 416 g/mol. The first kappa shape index (κ1) is 18.4. The van der Waals surface area contributed by atoms with Crippen LogP contribution in [0.3, 0.4) is 0 Å². The van der Waals surface area contributed by atoms with Crippen LogP contribution in [-0.4, -0.2) is 29.6 Å². The molecule has 0 saturated carbocycles. The van der Waals surface area contributed by atoms with Crippen LogP contribution >= 0.6 is 11.6 Å². The number of carbonyl (C=O) groups excluding carboxylic acids is 1. The standard InChI is InChI=1S/C23H18ClN5O/c24-18-7-5-6-17(12-18)23(30)27(15-19-13-25-21-8-1-3-10-28(19)21)16-20-14-26-22-9-2-4-11-29(20)22/h1-14H,15-16H2. The van der Waals surface area contributed by atoms with Crippen molar-refractivity contribution in [1.29, 1.82) is 0 Å². The molecule has 0 aliphatic rings. The van der Waals surface area contributed by atoms with Gasteiger partial charge < -0.3 is 13.7 Å². The van der Waals surface area contributed by atoms with Crippen molar-refractivity contribution in [2.75, 3.05) is 0 Å². The number of imidazole rings is 2. The molecule has 6 nitrogen and oxygen atoms in total. The number of nitrogens with zero attached hydrogens (tertiary/aromatic N) is 5. The van der Waals surface area contributed by atoms with Crippen LogP contribution in [-0.2, 0) is 13.1 Å². The predicted molar refractivity (Wildman–Crippen MR) is 115 cm³/mol. The number of hydrogen-bond donors (Lipinski definition) is 0. The van der Waals surface area contributed by atoms with Gasteiger partial charge in [0, 0.05) is 23.0 Å². The van der Waals surface area contributed by atoms with Crippen LogP contribution in [0.5, 0.6) is 0 Å². The van der Waals surface area contributed by atoms with Gasteiger partial charge in [0.15, 0.2) is 0 Å². The Bertz CT molecular complexity index is 1280. The molecule has 5 aromatic rings. The largest absolute Gasteiger partial charge is 0.327 e. The quantitative estimate of drug-likeness (QED) is 0.425. The summed E-state index contributed by atoms with van der Waals surface area (Å²) in [6.07, 6.45) is 7.52. The average Bonchev–Trinajstić information content (AvgIpc) is 3.37. The number of pyridine rings is 2. The number of aromatic nitrogens is 4. The fourth-order valence-electron chi connectivity index (χ4n) is 3.60. The second kappa shape index (κ2) is 7.65. The van der Waals surface area contributed by atoms with Crippen molar-refractivity contribution < 1.29 is 4.79 Å². The highest BCUT2D eigenvalue weighted by atomic mass is 35.5. The summed E-state index contributed by atoms with van der Waals surface area (Å²) in [5.74, 6) is -0.103. The zero-order valence-electron chi connectivity index (χ0n) is 16.0. The Labute approximate surface area is 178 Å². The fraction of sp³-hybridized carbons (Fsp3) is 0.0870. The molecule has 0 saturated heterocycles. The second-order valence-electron chi connectivity index (χ2n) is 7.03. The molecule has 5 rings (SSSR count). The molecule has 0 N–H and O–H groups in total. The van der Waals surface area contributed by atoms with Gasteiger partial charge in [-0.05, 0) is 42.5 Å². The van der Waals surface area contributed by atoms with Crippen LogP contribution in [0.4, 0.5) is 0 Å². The lowest BCUT2D eigenvalue weighted by atomic mass is 10.2. The molecule has 0 unspecified atom stereocenters. The summed E-state index contributed by atoms with van der Waals surface area (Å²) < 4.78 is 3.99. The minimum atomic E-state index is -0.103. The van der Waals surface area contributed by atoms with Crippen molar-refractivity contribution in [3.8, 4) is 0 Å². The van der Waals surface area contributed by atoms with Crippen molar-refractivity contribution in [3.63, 3.8) is 0 Å². The summed E-state index contributed by atoms with van der Waals surface area (Å²) in [7, 11) is 0. The summed E-state index contributed by atoms with van der Waals surface area (Å²) in [4.78, 5) is 24.1. The summed E-state index contributed by atoms with van der Waals surface area (Å²) in [6.45, 7) is 0.799. The molecule has 30 heavy (non-hydrogen) atoms. The number of amides is 1. The van der Waals surface area contributed by atoms with Crippen LogP contribution < -0.4 is 0 Å². The smallest absolute Gasteiger partial charge is 0.254 e. The Morgan fingerprint density at radius 3 is 2.00 bits per heavy atom. The maximum absolute atomic E-state index is 13.4. The Kier molecular flexibility index (Phi) is 4.69. The lowest BCUT2D eigenvalue weighted by molar-refractivity contribution is 0.0725. The highest BCUT2D eigenvalue weighted by Gasteiger charge is 2.20. The number of carbonyl (C=O) groups is 1. The number of halogens is 1.